The van der Waals surface area contributed by atoms with E-state index >= 15 is 0 Å². The van der Waals surface area contributed by atoms with Gasteiger partial charge >= 0.3 is 6.01 Å². The lowest BCUT2D eigenvalue weighted by atomic mass is 10.1. The molecule has 2 atom stereocenters. The van der Waals surface area contributed by atoms with Gasteiger partial charge in [-0.25, -0.2) is 0 Å². The molecule has 2 N–H and O–H groups in total. The summed E-state index contributed by atoms with van der Waals surface area (Å²) in [6, 6.07) is 6.06. The van der Waals surface area contributed by atoms with Gasteiger partial charge in [-0.2, -0.15) is 19.6 Å². The smallest absolute Gasteiger partial charge is 0.322 e. The number of piperidine rings is 1. The van der Waals surface area contributed by atoms with Crippen LogP contribution in [-0.4, -0.2) is 53.0 Å². The number of aromatic nitrogens is 4. The quantitative estimate of drug-likeness (QED) is 0.549. The van der Waals surface area contributed by atoms with Gasteiger partial charge in [-0.05, 0) is 38.3 Å². The second-order valence-corrected chi connectivity index (χ2v) is 8.35. The van der Waals surface area contributed by atoms with E-state index in [9.17, 15) is 0 Å². The zero-order valence-corrected chi connectivity index (χ0v) is 19.4. The van der Waals surface area contributed by atoms with Crippen molar-refractivity contribution >= 4 is 11.6 Å². The van der Waals surface area contributed by atoms with Crippen LogP contribution in [0.15, 0.2) is 24.4 Å². The van der Waals surface area contributed by atoms with E-state index in [1.54, 1.807) is 18.7 Å². The number of benzene rings is 1. The van der Waals surface area contributed by atoms with E-state index < -0.39 is 0 Å². The summed E-state index contributed by atoms with van der Waals surface area (Å²) in [4.78, 5) is 9.39. The van der Waals surface area contributed by atoms with Gasteiger partial charge < -0.3 is 24.8 Å². The number of para-hydroxylation sites is 1. The molecule has 4 rings (SSSR count). The highest BCUT2D eigenvalue weighted by molar-refractivity contribution is 5.55. The van der Waals surface area contributed by atoms with E-state index in [4.69, 9.17) is 19.2 Å². The first-order valence-corrected chi connectivity index (χ1v) is 11.1. The largest absolute Gasteiger partial charge is 0.493 e. The fourth-order valence-electron chi connectivity index (χ4n) is 4.02. The summed E-state index contributed by atoms with van der Waals surface area (Å²) >= 11 is 0. The highest BCUT2D eigenvalue weighted by atomic mass is 16.5. The summed E-state index contributed by atoms with van der Waals surface area (Å²) in [6.45, 7) is 8.12. The average Bonchev–Trinajstić information content (AvgIpc) is 3.23. The van der Waals surface area contributed by atoms with Crippen molar-refractivity contribution in [1.29, 1.82) is 0 Å². The van der Waals surface area contributed by atoms with Gasteiger partial charge in [-0.1, -0.05) is 26.0 Å². The topological polar surface area (TPSA) is 94.8 Å². The van der Waals surface area contributed by atoms with Gasteiger partial charge in [0.2, 0.25) is 5.95 Å². The van der Waals surface area contributed by atoms with E-state index in [2.05, 4.69) is 34.6 Å². The summed E-state index contributed by atoms with van der Waals surface area (Å²) in [5, 5.41) is 11.4. The van der Waals surface area contributed by atoms with Crippen molar-refractivity contribution in [3.63, 3.8) is 0 Å². The monoisotopic (exact) mass is 440 g/mol. The number of ether oxygens (including phenoxy) is 3. The zero-order valence-electron chi connectivity index (χ0n) is 19.4. The van der Waals surface area contributed by atoms with Gasteiger partial charge in [0.05, 0.1) is 26.5 Å². The number of hydrogen-bond donors (Lipinski definition) is 2. The Morgan fingerprint density at radius 1 is 1.12 bits per heavy atom. The zero-order chi connectivity index (χ0) is 22.7. The third kappa shape index (κ3) is 4.43. The molecular formula is C23H32N6O3. The molecule has 2 aromatic heterocycles. The van der Waals surface area contributed by atoms with Crippen LogP contribution in [-0.2, 0) is 0 Å². The third-order valence-electron chi connectivity index (χ3n) is 5.77. The lowest BCUT2D eigenvalue weighted by Gasteiger charge is -2.23. The maximum atomic E-state index is 6.17. The minimum absolute atomic E-state index is 0.0559. The molecule has 1 aliphatic rings. The Morgan fingerprint density at radius 2 is 1.97 bits per heavy atom. The van der Waals surface area contributed by atoms with Crippen LogP contribution in [0.1, 0.15) is 56.7 Å². The van der Waals surface area contributed by atoms with Crippen molar-refractivity contribution in [3.05, 3.63) is 35.5 Å². The lowest BCUT2D eigenvalue weighted by Crippen LogP contribution is -2.37. The molecule has 9 heteroatoms. The van der Waals surface area contributed by atoms with Crippen LogP contribution in [0.4, 0.5) is 5.95 Å². The van der Waals surface area contributed by atoms with Crippen molar-refractivity contribution in [2.75, 3.05) is 32.6 Å². The van der Waals surface area contributed by atoms with Crippen LogP contribution in [0, 0.1) is 0 Å². The molecule has 1 saturated heterocycles. The molecular weight excluding hydrogens is 408 g/mol. The maximum absolute atomic E-state index is 6.17. The summed E-state index contributed by atoms with van der Waals surface area (Å²) in [5.41, 5.74) is 2.75. The Labute approximate surface area is 188 Å². The lowest BCUT2D eigenvalue weighted by molar-refractivity contribution is 0.153. The van der Waals surface area contributed by atoms with Gasteiger partial charge in [0.1, 0.15) is 6.10 Å². The van der Waals surface area contributed by atoms with Crippen molar-refractivity contribution in [1.82, 2.24) is 24.9 Å². The Bertz CT molecular complexity index is 1060. The molecule has 3 aromatic rings. The van der Waals surface area contributed by atoms with Gasteiger partial charge in [-0.3, -0.25) is 0 Å². The number of hydrogen-bond acceptors (Lipinski definition) is 8. The Morgan fingerprint density at radius 3 is 2.66 bits per heavy atom. The predicted molar refractivity (Wildman–Crippen MR) is 123 cm³/mol. The number of fused-ring (bicyclic) bond motifs is 1. The fourth-order valence-corrected chi connectivity index (χ4v) is 4.02. The van der Waals surface area contributed by atoms with Crippen molar-refractivity contribution in [3.8, 4) is 17.5 Å². The molecule has 1 unspecified atom stereocenters. The predicted octanol–water partition coefficient (Wildman–Crippen LogP) is 3.57. The van der Waals surface area contributed by atoms with Crippen LogP contribution in [0.25, 0.3) is 5.65 Å². The first-order chi connectivity index (χ1) is 15.5. The van der Waals surface area contributed by atoms with Crippen LogP contribution in [0.3, 0.4) is 0 Å². The Kier molecular flexibility index (Phi) is 6.64. The molecule has 0 saturated carbocycles. The minimum Gasteiger partial charge on any atom is -0.493 e. The average molecular weight is 441 g/mol. The van der Waals surface area contributed by atoms with Crippen LogP contribution >= 0.6 is 0 Å². The van der Waals surface area contributed by atoms with Crippen molar-refractivity contribution in [2.24, 2.45) is 0 Å². The van der Waals surface area contributed by atoms with E-state index in [1.165, 1.54) is 0 Å². The Hall–Kier alpha value is -3.07. The second kappa shape index (κ2) is 9.60. The normalized spacial score (nSPS) is 17.4. The van der Waals surface area contributed by atoms with Gasteiger partial charge in [0.25, 0.3) is 0 Å². The van der Waals surface area contributed by atoms with E-state index in [1.807, 2.05) is 31.3 Å². The van der Waals surface area contributed by atoms with Gasteiger partial charge in [0, 0.05) is 17.7 Å². The highest BCUT2D eigenvalue weighted by Crippen LogP contribution is 2.36. The number of nitrogens with zero attached hydrogens (tertiary/aromatic N) is 4. The number of rotatable bonds is 8. The van der Waals surface area contributed by atoms with E-state index in [-0.39, 0.29) is 18.1 Å². The maximum Gasteiger partial charge on any atom is 0.322 e. The molecule has 0 amide bonds. The van der Waals surface area contributed by atoms with Crippen LogP contribution in [0.5, 0.6) is 17.5 Å². The third-order valence-corrected chi connectivity index (χ3v) is 5.77. The fraction of sp³-hybridized carbons (Fsp3) is 0.522. The van der Waals surface area contributed by atoms with Crippen LogP contribution in [0.2, 0.25) is 0 Å². The van der Waals surface area contributed by atoms with Crippen LogP contribution < -0.4 is 24.8 Å². The SMILES string of the molecule is COc1cccc([C@H](C)Nc2nc(OC3CCCNC3)nc3c(C(C)C)cnn23)c1OC. The summed E-state index contributed by atoms with van der Waals surface area (Å²) < 4.78 is 19.0. The molecule has 0 spiro atoms. The van der Waals surface area contributed by atoms with E-state index in [0.29, 0.717) is 23.5 Å². The number of methoxy groups -OCH3 is 2. The molecule has 172 valence electrons. The second-order valence-electron chi connectivity index (χ2n) is 8.35. The van der Waals surface area contributed by atoms with Gasteiger partial charge in [-0.15, -0.1) is 0 Å². The number of anilines is 1. The molecule has 9 nitrogen and oxygen atoms in total. The first-order valence-electron chi connectivity index (χ1n) is 11.1. The molecule has 1 aromatic carbocycles. The summed E-state index contributed by atoms with van der Waals surface area (Å²) in [7, 11) is 3.28. The molecule has 1 aliphatic heterocycles. The molecule has 0 bridgehead atoms. The number of nitrogens with one attached hydrogen (secondary N) is 2. The molecule has 0 radical (unpaired) electrons. The summed E-state index contributed by atoms with van der Waals surface area (Å²) in [5.74, 6) is 2.21. The van der Waals surface area contributed by atoms with Crippen molar-refractivity contribution in [2.45, 2.75) is 51.7 Å². The summed E-state index contributed by atoms with van der Waals surface area (Å²) in [6.07, 6.45) is 3.97. The molecule has 1 fully saturated rings. The molecule has 0 aliphatic carbocycles. The first kappa shape index (κ1) is 22.1. The molecule has 3 heterocycles. The van der Waals surface area contributed by atoms with E-state index in [0.717, 1.165) is 42.7 Å². The van der Waals surface area contributed by atoms with Gasteiger partial charge in [0.15, 0.2) is 17.1 Å². The Balaban J connectivity index is 1.71. The molecule has 32 heavy (non-hydrogen) atoms. The minimum atomic E-state index is -0.131. The highest BCUT2D eigenvalue weighted by Gasteiger charge is 2.22. The standard InChI is InChI=1S/C23H32N6O3/c1-14(2)18-13-25-29-21(18)27-23(32-16-8-7-11-24-12-16)28-22(29)26-15(3)17-9-6-10-19(30-4)20(17)31-5/h6,9-10,13-16,24H,7-8,11-12H2,1-5H3,(H,26,27,28)/t15-,16?/m0/s1. The van der Waals surface area contributed by atoms with Crippen molar-refractivity contribution < 1.29 is 14.2 Å².